The molecule has 17 heavy (non-hydrogen) atoms. The number of benzene rings is 1. The first-order chi connectivity index (χ1) is 7.99. The van der Waals surface area contributed by atoms with Gasteiger partial charge in [0, 0.05) is 0 Å². The van der Waals surface area contributed by atoms with Crippen molar-refractivity contribution >= 4 is 0 Å². The standard InChI is InChI=1S/C14H16FNO/c1-8-6-11(15)7-9(2)13(8)14(16)12-5-4-10(3)17-12/h4-7,14H,16H2,1-3H3. The summed E-state index contributed by atoms with van der Waals surface area (Å²) in [4.78, 5) is 0. The van der Waals surface area contributed by atoms with Crippen molar-refractivity contribution in [2.24, 2.45) is 5.73 Å². The molecular weight excluding hydrogens is 217 g/mol. The highest BCUT2D eigenvalue weighted by Crippen LogP contribution is 2.27. The van der Waals surface area contributed by atoms with Crippen LogP contribution in [0.4, 0.5) is 4.39 Å². The Hall–Kier alpha value is -1.61. The molecule has 2 aromatic rings. The third-order valence-electron chi connectivity index (χ3n) is 2.94. The number of aryl methyl sites for hydroxylation is 3. The molecule has 0 aliphatic rings. The van der Waals surface area contributed by atoms with Crippen molar-refractivity contribution in [2.45, 2.75) is 26.8 Å². The summed E-state index contributed by atoms with van der Waals surface area (Å²) >= 11 is 0. The number of hydrogen-bond donors (Lipinski definition) is 1. The van der Waals surface area contributed by atoms with Crippen molar-refractivity contribution in [3.05, 3.63) is 58.3 Å². The topological polar surface area (TPSA) is 39.2 Å². The molecule has 0 saturated heterocycles. The highest BCUT2D eigenvalue weighted by Gasteiger charge is 2.17. The summed E-state index contributed by atoms with van der Waals surface area (Å²) in [5.74, 6) is 1.31. The van der Waals surface area contributed by atoms with E-state index in [0.29, 0.717) is 5.76 Å². The zero-order valence-corrected chi connectivity index (χ0v) is 10.3. The van der Waals surface area contributed by atoms with Crippen LogP contribution in [0.3, 0.4) is 0 Å². The molecule has 0 saturated carbocycles. The minimum Gasteiger partial charge on any atom is -0.464 e. The third kappa shape index (κ3) is 2.24. The van der Waals surface area contributed by atoms with E-state index in [1.807, 2.05) is 32.9 Å². The zero-order chi connectivity index (χ0) is 12.6. The Morgan fingerprint density at radius 1 is 1.12 bits per heavy atom. The van der Waals surface area contributed by atoms with Crippen molar-refractivity contribution in [1.82, 2.24) is 0 Å². The number of nitrogens with two attached hydrogens (primary N) is 1. The predicted octanol–water partition coefficient (Wildman–Crippen LogP) is 3.39. The van der Waals surface area contributed by atoms with Gasteiger partial charge in [0.15, 0.2) is 0 Å². The van der Waals surface area contributed by atoms with Gasteiger partial charge in [-0.05, 0) is 61.7 Å². The van der Waals surface area contributed by atoms with Gasteiger partial charge in [-0.25, -0.2) is 4.39 Å². The van der Waals surface area contributed by atoms with E-state index in [1.54, 1.807) is 0 Å². The SMILES string of the molecule is Cc1ccc(C(N)c2c(C)cc(F)cc2C)o1. The van der Waals surface area contributed by atoms with Gasteiger partial charge in [0.1, 0.15) is 17.3 Å². The fourth-order valence-corrected chi connectivity index (χ4v) is 2.18. The van der Waals surface area contributed by atoms with Crippen LogP contribution in [0.5, 0.6) is 0 Å². The summed E-state index contributed by atoms with van der Waals surface area (Å²) in [6.45, 7) is 5.60. The van der Waals surface area contributed by atoms with E-state index >= 15 is 0 Å². The molecule has 0 fully saturated rings. The van der Waals surface area contributed by atoms with E-state index in [2.05, 4.69) is 0 Å². The van der Waals surface area contributed by atoms with Crippen LogP contribution in [-0.2, 0) is 0 Å². The van der Waals surface area contributed by atoms with Crippen molar-refractivity contribution in [3.63, 3.8) is 0 Å². The smallest absolute Gasteiger partial charge is 0.125 e. The van der Waals surface area contributed by atoms with Crippen LogP contribution in [0, 0.1) is 26.6 Å². The van der Waals surface area contributed by atoms with E-state index in [4.69, 9.17) is 10.2 Å². The van der Waals surface area contributed by atoms with Crippen molar-refractivity contribution < 1.29 is 8.81 Å². The first-order valence-corrected chi connectivity index (χ1v) is 5.57. The Balaban J connectivity index is 2.47. The van der Waals surface area contributed by atoms with E-state index in [0.717, 1.165) is 22.5 Å². The van der Waals surface area contributed by atoms with Gasteiger partial charge in [-0.15, -0.1) is 0 Å². The van der Waals surface area contributed by atoms with Gasteiger partial charge >= 0.3 is 0 Å². The maximum Gasteiger partial charge on any atom is 0.125 e. The molecule has 90 valence electrons. The number of furan rings is 1. The summed E-state index contributed by atoms with van der Waals surface area (Å²) in [7, 11) is 0. The number of halogens is 1. The second-order valence-corrected chi connectivity index (χ2v) is 4.38. The summed E-state index contributed by atoms with van der Waals surface area (Å²) < 4.78 is 18.7. The minimum absolute atomic E-state index is 0.230. The molecule has 0 bridgehead atoms. The normalized spacial score (nSPS) is 12.8. The van der Waals surface area contributed by atoms with Crippen LogP contribution >= 0.6 is 0 Å². The molecule has 0 amide bonds. The molecule has 1 atom stereocenters. The number of hydrogen-bond acceptors (Lipinski definition) is 2. The van der Waals surface area contributed by atoms with Crippen LogP contribution in [-0.4, -0.2) is 0 Å². The fourth-order valence-electron chi connectivity index (χ4n) is 2.18. The first-order valence-electron chi connectivity index (χ1n) is 5.57. The van der Waals surface area contributed by atoms with E-state index in [1.165, 1.54) is 12.1 Å². The lowest BCUT2D eigenvalue weighted by atomic mass is 9.95. The molecule has 2 nitrogen and oxygen atoms in total. The third-order valence-corrected chi connectivity index (χ3v) is 2.94. The van der Waals surface area contributed by atoms with Gasteiger partial charge in [0.25, 0.3) is 0 Å². The summed E-state index contributed by atoms with van der Waals surface area (Å²) in [6.07, 6.45) is 0. The predicted molar refractivity (Wildman–Crippen MR) is 65.3 cm³/mol. The molecule has 1 aromatic heterocycles. The molecular formula is C14H16FNO. The molecule has 2 rings (SSSR count). The molecule has 3 heteroatoms. The lowest BCUT2D eigenvalue weighted by Crippen LogP contribution is -2.14. The molecule has 0 aliphatic carbocycles. The van der Waals surface area contributed by atoms with Gasteiger partial charge in [-0.2, -0.15) is 0 Å². The van der Waals surface area contributed by atoms with Gasteiger partial charge in [-0.1, -0.05) is 0 Å². The highest BCUT2D eigenvalue weighted by molar-refractivity contribution is 5.40. The second kappa shape index (κ2) is 4.34. The summed E-state index contributed by atoms with van der Waals surface area (Å²) in [5.41, 5.74) is 8.80. The average molecular weight is 233 g/mol. The van der Waals surface area contributed by atoms with Crippen LogP contribution in [0.1, 0.15) is 34.3 Å². The lowest BCUT2D eigenvalue weighted by molar-refractivity contribution is 0.465. The van der Waals surface area contributed by atoms with Gasteiger partial charge in [0.05, 0.1) is 6.04 Å². The Bertz CT molecular complexity index is 522. The molecule has 1 unspecified atom stereocenters. The van der Waals surface area contributed by atoms with Crippen LogP contribution in [0.2, 0.25) is 0 Å². The van der Waals surface area contributed by atoms with Crippen LogP contribution < -0.4 is 5.73 Å². The first kappa shape index (κ1) is 11.9. The fraction of sp³-hybridized carbons (Fsp3) is 0.286. The Morgan fingerprint density at radius 3 is 2.18 bits per heavy atom. The average Bonchev–Trinajstić information content (AvgIpc) is 2.63. The van der Waals surface area contributed by atoms with E-state index < -0.39 is 0 Å². The number of rotatable bonds is 2. The van der Waals surface area contributed by atoms with E-state index in [-0.39, 0.29) is 11.9 Å². The maximum atomic E-state index is 13.2. The van der Waals surface area contributed by atoms with Crippen molar-refractivity contribution in [1.29, 1.82) is 0 Å². The van der Waals surface area contributed by atoms with Crippen LogP contribution in [0.15, 0.2) is 28.7 Å². The van der Waals surface area contributed by atoms with Gasteiger partial charge in [-0.3, -0.25) is 0 Å². The molecule has 1 aromatic carbocycles. The molecule has 0 aliphatic heterocycles. The van der Waals surface area contributed by atoms with Crippen molar-refractivity contribution in [3.8, 4) is 0 Å². The van der Waals surface area contributed by atoms with Gasteiger partial charge in [0.2, 0.25) is 0 Å². The lowest BCUT2D eigenvalue weighted by Gasteiger charge is -2.15. The largest absolute Gasteiger partial charge is 0.464 e. The quantitative estimate of drug-likeness (QED) is 0.863. The molecule has 2 N–H and O–H groups in total. The molecule has 1 heterocycles. The maximum absolute atomic E-state index is 13.2. The Labute approximate surface area is 100 Å². The second-order valence-electron chi connectivity index (χ2n) is 4.38. The van der Waals surface area contributed by atoms with Crippen molar-refractivity contribution in [2.75, 3.05) is 0 Å². The zero-order valence-electron chi connectivity index (χ0n) is 10.3. The minimum atomic E-state index is -0.343. The summed E-state index contributed by atoms with van der Waals surface area (Å²) in [6, 6.07) is 6.39. The van der Waals surface area contributed by atoms with E-state index in [9.17, 15) is 4.39 Å². The molecule has 0 radical (unpaired) electrons. The Morgan fingerprint density at radius 2 is 1.71 bits per heavy atom. The Kier molecular flexibility index (Phi) is 3.03. The van der Waals surface area contributed by atoms with Crippen LogP contribution in [0.25, 0.3) is 0 Å². The highest BCUT2D eigenvalue weighted by atomic mass is 19.1. The molecule has 0 spiro atoms. The van der Waals surface area contributed by atoms with Gasteiger partial charge < -0.3 is 10.2 Å². The monoisotopic (exact) mass is 233 g/mol. The summed E-state index contributed by atoms with van der Waals surface area (Å²) in [5, 5.41) is 0.